The second kappa shape index (κ2) is 16.9. The average Bonchev–Trinajstić information content (AvgIpc) is 3.86. The first-order chi connectivity index (χ1) is 25.1. The van der Waals surface area contributed by atoms with Crippen molar-refractivity contribution in [2.75, 3.05) is 47.4 Å². The second-order valence-electron chi connectivity index (χ2n) is 11.9. The van der Waals surface area contributed by atoms with Gasteiger partial charge in [0.05, 0.1) is 41.9 Å². The maximum atomic E-state index is 13.1. The first kappa shape index (κ1) is 38.9. The fourth-order valence-corrected chi connectivity index (χ4v) is 5.23. The van der Waals surface area contributed by atoms with Gasteiger partial charge < -0.3 is 73.1 Å². The summed E-state index contributed by atoms with van der Waals surface area (Å²) < 4.78 is 6.10. The zero-order valence-corrected chi connectivity index (χ0v) is 29.5. The smallest absolute Gasteiger partial charge is 0.272 e. The minimum Gasteiger partial charge on any atom is -0.370 e. The molecule has 6 amide bonds. The molecule has 21 nitrogen and oxygen atoms in total. The molecule has 0 fully saturated rings. The quantitative estimate of drug-likeness (QED) is 0.0480. The van der Waals surface area contributed by atoms with E-state index in [4.69, 9.17) is 22.9 Å². The molecule has 0 aromatic carbocycles. The van der Waals surface area contributed by atoms with Gasteiger partial charge in [0.2, 0.25) is 11.8 Å². The van der Waals surface area contributed by atoms with Crippen LogP contribution in [0.4, 0.5) is 22.7 Å². The number of nitrogens with one attached hydrogen (secondary N) is 6. The molecule has 0 aliphatic carbocycles. The van der Waals surface area contributed by atoms with E-state index in [1.54, 1.807) is 53.0 Å². The van der Waals surface area contributed by atoms with E-state index in [0.717, 1.165) is 0 Å². The number of hydrogen-bond acceptors (Lipinski definition) is 9. The minimum absolute atomic E-state index is 0.0661. The van der Waals surface area contributed by atoms with Crippen molar-refractivity contribution in [1.29, 1.82) is 0 Å². The van der Waals surface area contributed by atoms with Gasteiger partial charge in [0.1, 0.15) is 22.8 Å². The van der Waals surface area contributed by atoms with Crippen LogP contribution in [0.15, 0.2) is 54.0 Å². The Morgan fingerprint density at radius 2 is 0.849 bits per heavy atom. The number of carbonyl (C=O) groups is 6. The topological polar surface area (TPSA) is 311 Å². The fraction of sp³-hybridized carbons (Fsp3) is 0.281. The van der Waals surface area contributed by atoms with Crippen molar-refractivity contribution >= 4 is 64.2 Å². The molecule has 0 saturated heterocycles. The third kappa shape index (κ3) is 10.1. The van der Waals surface area contributed by atoms with Gasteiger partial charge in [-0.05, 0) is 24.3 Å². The van der Waals surface area contributed by atoms with Gasteiger partial charge >= 0.3 is 0 Å². The Hall–Kier alpha value is -6.87. The predicted molar refractivity (Wildman–Crippen MR) is 197 cm³/mol. The van der Waals surface area contributed by atoms with Crippen LogP contribution in [0, 0.1) is 0 Å². The van der Waals surface area contributed by atoms with Gasteiger partial charge in [-0.2, -0.15) is 0 Å². The molecule has 21 heteroatoms. The Morgan fingerprint density at radius 3 is 1.15 bits per heavy atom. The van der Waals surface area contributed by atoms with E-state index in [9.17, 15) is 28.8 Å². The summed E-state index contributed by atoms with van der Waals surface area (Å²) in [7, 11) is 6.52. The van der Waals surface area contributed by atoms with Crippen LogP contribution in [-0.4, -0.2) is 91.9 Å². The molecule has 4 heterocycles. The summed E-state index contributed by atoms with van der Waals surface area (Å²) in [6.45, 7) is -0.544. The molecule has 0 aliphatic rings. The van der Waals surface area contributed by atoms with Crippen molar-refractivity contribution in [3.05, 3.63) is 71.8 Å². The predicted octanol–water partition coefficient (Wildman–Crippen LogP) is -1.86. The van der Waals surface area contributed by atoms with Crippen LogP contribution in [0.2, 0.25) is 0 Å². The number of hydrogen-bond donors (Lipinski definition) is 10. The molecule has 282 valence electrons. The minimum atomic E-state index is -0.760. The van der Waals surface area contributed by atoms with Crippen LogP contribution in [0.3, 0.4) is 0 Å². The maximum Gasteiger partial charge on any atom is 0.272 e. The van der Waals surface area contributed by atoms with Gasteiger partial charge in [0, 0.05) is 66.1 Å². The Labute approximate surface area is 303 Å². The standard InChI is InChI=1S/C32H43N15O6/c1-44-15-19(41-30(52)24-5-17(13-46(24)3)39-26(48)9-33)7-22(44)28(50)37-11-21(43-32(35)36)12-38-29(51)23-8-20(16-45(23)2)42-31(53)25-6-18(14-47(25)4)40-27(49)10-34/h5-8,13-16,21H,9-12,33-34H2,1-4H3,(H,37,50)(H,38,51)(H,39,48)(H,40,49)(H,41,52)(H,42,53)(H4,35,36,43). The lowest BCUT2D eigenvalue weighted by molar-refractivity contribution is -0.115. The number of nitrogens with zero attached hydrogens (tertiary/aromatic N) is 5. The molecule has 0 radical (unpaired) electrons. The van der Waals surface area contributed by atoms with E-state index in [1.807, 2.05) is 0 Å². The van der Waals surface area contributed by atoms with Crippen LogP contribution in [0.25, 0.3) is 0 Å². The number of carbonyl (C=O) groups excluding carboxylic acids is 6. The number of anilines is 4. The third-order valence-electron chi connectivity index (χ3n) is 7.73. The molecule has 0 spiro atoms. The highest BCUT2D eigenvalue weighted by Gasteiger charge is 2.21. The number of nitrogens with two attached hydrogens (primary N) is 4. The lowest BCUT2D eigenvalue weighted by Gasteiger charge is -2.15. The summed E-state index contributed by atoms with van der Waals surface area (Å²) >= 11 is 0. The Morgan fingerprint density at radius 1 is 0.547 bits per heavy atom. The van der Waals surface area contributed by atoms with Crippen molar-refractivity contribution in [2.45, 2.75) is 6.04 Å². The molecule has 53 heavy (non-hydrogen) atoms. The SMILES string of the molecule is Cn1cc(NC(=O)c2cc(NC(=O)CN)cn2C)cc1C(=O)NCC(CNC(=O)c1cc(NC(=O)c2cc(NC(=O)CN)cn2C)cn1C)N=C(N)N. The van der Waals surface area contributed by atoms with E-state index in [0.29, 0.717) is 22.7 Å². The summed E-state index contributed by atoms with van der Waals surface area (Å²) in [5, 5.41) is 16.1. The molecule has 0 atom stereocenters. The Bertz CT molecular complexity index is 1930. The molecule has 0 unspecified atom stereocenters. The van der Waals surface area contributed by atoms with Crippen molar-refractivity contribution in [2.24, 2.45) is 56.1 Å². The van der Waals surface area contributed by atoms with Crippen LogP contribution < -0.4 is 54.8 Å². The van der Waals surface area contributed by atoms with Gasteiger partial charge in [0.25, 0.3) is 23.6 Å². The van der Waals surface area contributed by atoms with E-state index >= 15 is 0 Å². The van der Waals surface area contributed by atoms with Gasteiger partial charge in [-0.15, -0.1) is 0 Å². The van der Waals surface area contributed by atoms with Crippen molar-refractivity contribution in [3.8, 4) is 0 Å². The molecule has 4 aromatic heterocycles. The van der Waals surface area contributed by atoms with E-state index in [1.165, 1.54) is 42.5 Å². The van der Waals surface area contributed by atoms with Crippen molar-refractivity contribution in [3.63, 3.8) is 0 Å². The largest absolute Gasteiger partial charge is 0.370 e. The lowest BCUT2D eigenvalue weighted by Crippen LogP contribution is -2.41. The van der Waals surface area contributed by atoms with Crippen LogP contribution >= 0.6 is 0 Å². The second-order valence-corrected chi connectivity index (χ2v) is 11.9. The molecule has 0 aliphatic heterocycles. The van der Waals surface area contributed by atoms with Crippen LogP contribution in [-0.2, 0) is 37.8 Å². The van der Waals surface area contributed by atoms with Gasteiger partial charge in [0.15, 0.2) is 5.96 Å². The summed E-state index contributed by atoms with van der Waals surface area (Å²) in [5.74, 6) is -3.04. The third-order valence-corrected chi connectivity index (χ3v) is 7.73. The molecule has 0 bridgehead atoms. The van der Waals surface area contributed by atoms with E-state index < -0.39 is 41.5 Å². The van der Waals surface area contributed by atoms with Gasteiger partial charge in [-0.1, -0.05) is 0 Å². The molecule has 4 rings (SSSR count). The number of aromatic nitrogens is 4. The number of aryl methyl sites for hydroxylation is 4. The average molecular weight is 734 g/mol. The highest BCUT2D eigenvalue weighted by atomic mass is 16.2. The summed E-state index contributed by atoms with van der Waals surface area (Å²) in [6, 6.07) is 5.18. The van der Waals surface area contributed by atoms with Crippen molar-refractivity contribution in [1.82, 2.24) is 28.9 Å². The van der Waals surface area contributed by atoms with Gasteiger partial charge in [-0.3, -0.25) is 28.8 Å². The zero-order valence-electron chi connectivity index (χ0n) is 29.5. The summed E-state index contributed by atoms with van der Waals surface area (Å²) in [6.07, 6.45) is 6.24. The molecule has 14 N–H and O–H groups in total. The van der Waals surface area contributed by atoms with Gasteiger partial charge in [-0.25, -0.2) is 4.99 Å². The maximum absolute atomic E-state index is 13.1. The highest BCUT2D eigenvalue weighted by molar-refractivity contribution is 6.06. The highest BCUT2D eigenvalue weighted by Crippen LogP contribution is 2.19. The zero-order chi connectivity index (χ0) is 39.0. The molecular weight excluding hydrogens is 690 g/mol. The van der Waals surface area contributed by atoms with E-state index in [2.05, 4.69) is 36.9 Å². The monoisotopic (exact) mass is 733 g/mol. The first-order valence-corrected chi connectivity index (χ1v) is 16.0. The first-order valence-electron chi connectivity index (χ1n) is 16.0. The van der Waals surface area contributed by atoms with Crippen molar-refractivity contribution < 1.29 is 28.8 Å². The molecular formula is C32H43N15O6. The normalized spacial score (nSPS) is 10.8. The Kier molecular flexibility index (Phi) is 12.4. The lowest BCUT2D eigenvalue weighted by atomic mass is 10.2. The fourth-order valence-electron chi connectivity index (χ4n) is 5.23. The Balaban J connectivity index is 1.34. The summed E-state index contributed by atoms with van der Waals surface area (Å²) in [5.41, 5.74) is 24.3. The molecule has 4 aromatic rings. The number of amides is 6. The number of aliphatic imine (C=N–C) groups is 1. The molecule has 0 saturated carbocycles. The van der Waals surface area contributed by atoms with E-state index in [-0.39, 0.29) is 54.9 Å². The summed E-state index contributed by atoms with van der Waals surface area (Å²) in [4.78, 5) is 79.5. The van der Waals surface area contributed by atoms with Crippen LogP contribution in [0.5, 0.6) is 0 Å². The number of rotatable bonds is 15. The van der Waals surface area contributed by atoms with Crippen LogP contribution in [0.1, 0.15) is 42.0 Å². The number of guanidine groups is 1.